The number of hydrogen-bond donors (Lipinski definition) is 0. The van der Waals surface area contributed by atoms with E-state index in [0.29, 0.717) is 10.7 Å². The topological polar surface area (TPSA) is 74.8 Å². The van der Waals surface area contributed by atoms with E-state index in [2.05, 4.69) is 25.9 Å². The summed E-state index contributed by atoms with van der Waals surface area (Å²) in [7, 11) is 0. The molecule has 2 rings (SSSR count). The molecule has 1 aromatic carbocycles. The fraction of sp³-hybridized carbons (Fsp3) is 0.375. The van der Waals surface area contributed by atoms with Crippen LogP contribution in [-0.4, -0.2) is 27.6 Å². The van der Waals surface area contributed by atoms with E-state index in [1.165, 1.54) is 23.9 Å². The van der Waals surface area contributed by atoms with E-state index in [9.17, 15) is 9.18 Å². The second-order valence-electron chi connectivity index (χ2n) is 5.39. The van der Waals surface area contributed by atoms with Crippen molar-refractivity contribution in [2.45, 2.75) is 24.8 Å². The third-order valence-corrected chi connectivity index (χ3v) is 5.69. The number of aliphatic imine (C=N–C) groups is 2. The Hall–Kier alpha value is -1.72. The van der Waals surface area contributed by atoms with E-state index in [-0.39, 0.29) is 29.9 Å². The summed E-state index contributed by atoms with van der Waals surface area (Å²) in [5, 5.41) is 9.42. The fourth-order valence-corrected chi connectivity index (χ4v) is 2.74. The smallest absolute Gasteiger partial charge is 0.274 e. The Kier molecular flexibility index (Phi) is 5.78. The van der Waals surface area contributed by atoms with Crippen LogP contribution in [0, 0.1) is 23.1 Å². The van der Waals surface area contributed by atoms with E-state index in [1.54, 1.807) is 6.26 Å². The van der Waals surface area contributed by atoms with E-state index in [4.69, 9.17) is 10.00 Å². The molecule has 1 aliphatic heterocycles. The Morgan fingerprint density at radius 1 is 1.46 bits per heavy atom. The van der Waals surface area contributed by atoms with Crippen LogP contribution in [0.15, 0.2) is 28.2 Å². The van der Waals surface area contributed by atoms with Crippen molar-refractivity contribution in [1.82, 2.24) is 0 Å². The molecule has 126 valence electrons. The maximum absolute atomic E-state index is 13.2. The number of hydrogen-bond acceptors (Lipinski definition) is 5. The molecule has 5 nitrogen and oxygen atoms in total. The van der Waals surface area contributed by atoms with Gasteiger partial charge >= 0.3 is 0 Å². The molecular formula is C16H15BrFN3O2S. The maximum atomic E-state index is 13.2. The molecule has 24 heavy (non-hydrogen) atoms. The van der Waals surface area contributed by atoms with Crippen LogP contribution < -0.4 is 0 Å². The Balaban J connectivity index is 2.32. The van der Waals surface area contributed by atoms with Crippen LogP contribution in [0.5, 0.6) is 0 Å². The number of ether oxygens (including phenoxy) is 1. The highest BCUT2D eigenvalue weighted by Gasteiger charge is 2.48. The largest absolute Gasteiger partial charge is 0.474 e. The number of nitrogens with zero attached hydrogens (tertiary/aromatic N) is 3. The third kappa shape index (κ3) is 3.52. The fourth-order valence-electron chi connectivity index (χ4n) is 2.10. The minimum atomic E-state index is -1.15. The number of nitriles is 1. The van der Waals surface area contributed by atoms with Crippen molar-refractivity contribution in [3.63, 3.8) is 0 Å². The lowest BCUT2D eigenvalue weighted by Gasteiger charge is -2.31. The molecule has 1 aromatic rings. The summed E-state index contributed by atoms with van der Waals surface area (Å²) in [5.74, 6) is -0.838. The van der Waals surface area contributed by atoms with Crippen molar-refractivity contribution in [2.24, 2.45) is 15.9 Å². The first-order valence-electron chi connectivity index (χ1n) is 7.09. The molecule has 0 saturated carbocycles. The number of halogens is 2. The summed E-state index contributed by atoms with van der Waals surface area (Å²) in [4.78, 5) is 20.7. The van der Waals surface area contributed by atoms with E-state index >= 15 is 0 Å². The zero-order valence-corrected chi connectivity index (χ0v) is 15.7. The minimum Gasteiger partial charge on any atom is -0.474 e. The van der Waals surface area contributed by atoms with Gasteiger partial charge in [0.25, 0.3) is 5.91 Å². The van der Waals surface area contributed by atoms with Gasteiger partial charge in [-0.3, -0.25) is 4.79 Å². The summed E-state index contributed by atoms with van der Waals surface area (Å²) in [6.45, 7) is 3.70. The first kappa shape index (κ1) is 18.6. The molecule has 0 saturated heterocycles. The van der Waals surface area contributed by atoms with Gasteiger partial charge in [0.2, 0.25) is 5.90 Å². The highest BCUT2D eigenvalue weighted by Crippen LogP contribution is 2.35. The quantitative estimate of drug-likeness (QED) is 0.711. The summed E-state index contributed by atoms with van der Waals surface area (Å²) in [6.07, 6.45) is 1.76. The van der Waals surface area contributed by atoms with Crippen LogP contribution in [0.1, 0.15) is 25.0 Å². The van der Waals surface area contributed by atoms with Gasteiger partial charge in [-0.15, -0.1) is 0 Å². The number of thioether (sulfide) groups is 1. The highest BCUT2D eigenvalue weighted by atomic mass is 79.9. The van der Waals surface area contributed by atoms with Crippen LogP contribution in [-0.2, 0) is 16.1 Å². The molecule has 8 heteroatoms. The maximum Gasteiger partial charge on any atom is 0.274 e. The van der Waals surface area contributed by atoms with Crippen molar-refractivity contribution < 1.29 is 13.9 Å². The molecule has 0 aromatic heterocycles. The second kappa shape index (κ2) is 7.45. The van der Waals surface area contributed by atoms with Crippen LogP contribution >= 0.6 is 27.7 Å². The van der Waals surface area contributed by atoms with Gasteiger partial charge in [0, 0.05) is 5.56 Å². The molecule has 0 N–H and O–H groups in total. The Bertz CT molecular complexity index is 773. The first-order chi connectivity index (χ1) is 11.3. The summed E-state index contributed by atoms with van der Waals surface area (Å²) in [6, 6.07) is 5.81. The van der Waals surface area contributed by atoms with Gasteiger partial charge in [0.05, 0.1) is 11.6 Å². The minimum absolute atomic E-state index is 0.00296. The van der Waals surface area contributed by atoms with Gasteiger partial charge in [-0.05, 0) is 24.3 Å². The normalized spacial score (nSPS) is 20.5. The number of alkyl halides is 1. The molecule has 0 spiro atoms. The van der Waals surface area contributed by atoms with Crippen LogP contribution in [0.3, 0.4) is 0 Å². The number of rotatable bonds is 3. The number of amidine groups is 1. The second-order valence-corrected chi connectivity index (χ2v) is 7.41. The van der Waals surface area contributed by atoms with Gasteiger partial charge in [0.15, 0.2) is 9.49 Å². The number of benzene rings is 1. The molecule has 1 amide bonds. The molecule has 0 fully saturated rings. The zero-order valence-electron chi connectivity index (χ0n) is 13.3. The molecule has 1 atom stereocenters. The van der Waals surface area contributed by atoms with E-state index in [0.717, 1.165) is 6.07 Å². The van der Waals surface area contributed by atoms with Gasteiger partial charge < -0.3 is 4.74 Å². The zero-order chi connectivity index (χ0) is 17.9. The first-order valence-corrected chi connectivity index (χ1v) is 9.11. The molecule has 0 radical (unpaired) electrons. The summed E-state index contributed by atoms with van der Waals surface area (Å²) < 4.78 is 17.8. The molecule has 1 aliphatic rings. The van der Waals surface area contributed by atoms with Crippen molar-refractivity contribution in [3.05, 3.63) is 35.1 Å². The van der Waals surface area contributed by atoms with Gasteiger partial charge in [0.1, 0.15) is 12.4 Å². The SMILES string of the molecule is CSC1=NC(=O)C(Br)(C(C)C)C(OCc2ccc(F)cc2C#N)=N1. The van der Waals surface area contributed by atoms with Gasteiger partial charge in [-0.1, -0.05) is 47.6 Å². The molecule has 0 aliphatic carbocycles. The molecular weight excluding hydrogens is 397 g/mol. The summed E-state index contributed by atoms with van der Waals surface area (Å²) in [5.41, 5.74) is 0.696. The Morgan fingerprint density at radius 2 is 2.17 bits per heavy atom. The Labute approximate surface area is 152 Å². The van der Waals surface area contributed by atoms with Gasteiger partial charge in [-0.25, -0.2) is 4.39 Å². The van der Waals surface area contributed by atoms with Crippen LogP contribution in [0.25, 0.3) is 0 Å². The lowest BCUT2D eigenvalue weighted by atomic mass is 9.94. The van der Waals surface area contributed by atoms with E-state index in [1.807, 2.05) is 19.9 Å². The number of carbonyl (C=O) groups excluding carboxylic acids is 1. The number of amides is 1. The average Bonchev–Trinajstić information content (AvgIpc) is 2.56. The van der Waals surface area contributed by atoms with Crippen LogP contribution in [0.4, 0.5) is 4.39 Å². The highest BCUT2D eigenvalue weighted by molar-refractivity contribution is 9.10. The average molecular weight is 412 g/mol. The van der Waals surface area contributed by atoms with Crippen molar-refractivity contribution in [2.75, 3.05) is 6.26 Å². The van der Waals surface area contributed by atoms with E-state index < -0.39 is 10.1 Å². The summed E-state index contributed by atoms with van der Waals surface area (Å²) >= 11 is 4.66. The van der Waals surface area contributed by atoms with Crippen molar-refractivity contribution >= 4 is 44.7 Å². The molecule has 1 unspecified atom stereocenters. The lowest BCUT2D eigenvalue weighted by Crippen LogP contribution is -2.48. The van der Waals surface area contributed by atoms with Crippen molar-refractivity contribution in [3.8, 4) is 6.07 Å². The van der Waals surface area contributed by atoms with Crippen LogP contribution in [0.2, 0.25) is 0 Å². The molecule has 0 bridgehead atoms. The Morgan fingerprint density at radius 3 is 2.75 bits per heavy atom. The number of carbonyl (C=O) groups is 1. The third-order valence-electron chi connectivity index (χ3n) is 3.55. The van der Waals surface area contributed by atoms with Crippen molar-refractivity contribution in [1.29, 1.82) is 5.26 Å². The van der Waals surface area contributed by atoms with Gasteiger partial charge in [-0.2, -0.15) is 15.2 Å². The predicted molar refractivity (Wildman–Crippen MR) is 95.8 cm³/mol. The monoisotopic (exact) mass is 411 g/mol. The predicted octanol–water partition coefficient (Wildman–Crippen LogP) is 3.66. The molecule has 1 heterocycles. The standard InChI is InChI=1S/C16H15BrFN3O2S/c1-9(2)16(17)13(22)20-15(24-3)21-14(16)23-8-10-4-5-12(18)6-11(10)7-19/h4-6,9H,8H2,1-3H3. The lowest BCUT2D eigenvalue weighted by molar-refractivity contribution is -0.119.